The number of methoxy groups -OCH3 is 1. The lowest BCUT2D eigenvalue weighted by atomic mass is 10.1. The van der Waals surface area contributed by atoms with Gasteiger partial charge in [-0.05, 0) is 47.5 Å². The molecule has 0 radical (unpaired) electrons. The zero-order chi connectivity index (χ0) is 15.1. The molecule has 5 nitrogen and oxygen atoms in total. The van der Waals surface area contributed by atoms with E-state index in [4.69, 9.17) is 9.84 Å². The van der Waals surface area contributed by atoms with E-state index in [2.05, 4.69) is 21.2 Å². The van der Waals surface area contributed by atoms with Crippen LogP contribution in [0, 0.1) is 0 Å². The Morgan fingerprint density at radius 2 is 2.20 bits per heavy atom. The first kappa shape index (κ1) is 16.2. The van der Waals surface area contributed by atoms with Gasteiger partial charge in [-0.15, -0.1) is 0 Å². The molecule has 0 heterocycles. The Morgan fingerprint density at radius 1 is 1.50 bits per heavy atom. The van der Waals surface area contributed by atoms with Crippen LogP contribution < -0.4 is 10.1 Å². The Hall–Kier alpha value is -1.82. The molecular weight excluding hydrogens is 326 g/mol. The van der Waals surface area contributed by atoms with E-state index in [1.165, 1.54) is 7.11 Å². The van der Waals surface area contributed by atoms with E-state index in [-0.39, 0.29) is 6.42 Å². The maximum absolute atomic E-state index is 12.1. The number of halogens is 1. The minimum atomic E-state index is -1.07. The Balaban J connectivity index is 2.91. The van der Waals surface area contributed by atoms with E-state index in [0.717, 1.165) is 0 Å². The zero-order valence-electron chi connectivity index (χ0n) is 11.2. The standard InChI is InChI=1S/C14H16BrNO4/c1-3-4-5-12(14(18)19)16-13(17)10-8-9(20-2)6-7-11(10)15/h3-4,6-8,12H,5H2,1-2H3,(H,16,17)(H,18,19)/b4-3+. The molecule has 1 aromatic carbocycles. The zero-order valence-corrected chi connectivity index (χ0v) is 12.8. The van der Waals surface area contributed by atoms with Gasteiger partial charge in [0.1, 0.15) is 11.8 Å². The fourth-order valence-electron chi connectivity index (χ4n) is 1.54. The van der Waals surface area contributed by atoms with Crippen molar-refractivity contribution in [2.24, 2.45) is 0 Å². The highest BCUT2D eigenvalue weighted by Crippen LogP contribution is 2.22. The molecule has 1 aromatic rings. The van der Waals surface area contributed by atoms with Gasteiger partial charge in [0.2, 0.25) is 0 Å². The van der Waals surface area contributed by atoms with Crippen molar-refractivity contribution in [2.75, 3.05) is 7.11 Å². The van der Waals surface area contributed by atoms with Gasteiger partial charge in [0.25, 0.3) is 5.91 Å². The number of ether oxygens (including phenoxy) is 1. The molecule has 0 fully saturated rings. The van der Waals surface area contributed by atoms with Crippen LogP contribution in [0.1, 0.15) is 23.7 Å². The molecule has 0 saturated heterocycles. The number of carboxylic acids is 1. The third-order valence-corrected chi connectivity index (χ3v) is 3.32. The van der Waals surface area contributed by atoms with E-state index < -0.39 is 17.9 Å². The van der Waals surface area contributed by atoms with Crippen molar-refractivity contribution >= 4 is 27.8 Å². The minimum Gasteiger partial charge on any atom is -0.497 e. The number of aliphatic carboxylic acids is 1. The number of hydrogen-bond donors (Lipinski definition) is 2. The topological polar surface area (TPSA) is 75.6 Å². The quantitative estimate of drug-likeness (QED) is 0.780. The van der Waals surface area contributed by atoms with Crippen LogP contribution in [0.3, 0.4) is 0 Å². The monoisotopic (exact) mass is 341 g/mol. The highest BCUT2D eigenvalue weighted by molar-refractivity contribution is 9.10. The summed E-state index contributed by atoms with van der Waals surface area (Å²) in [4.78, 5) is 23.2. The minimum absolute atomic E-state index is 0.235. The van der Waals surface area contributed by atoms with Crippen LogP contribution in [-0.4, -0.2) is 30.1 Å². The smallest absolute Gasteiger partial charge is 0.326 e. The maximum atomic E-state index is 12.1. The molecule has 2 N–H and O–H groups in total. The molecule has 0 aliphatic rings. The molecule has 108 valence electrons. The van der Waals surface area contributed by atoms with Gasteiger partial charge in [0.15, 0.2) is 0 Å². The predicted molar refractivity (Wildman–Crippen MR) is 79.0 cm³/mol. The molecule has 0 aliphatic carbocycles. The number of rotatable bonds is 6. The molecule has 20 heavy (non-hydrogen) atoms. The molecule has 6 heteroatoms. The first-order valence-electron chi connectivity index (χ1n) is 5.98. The summed E-state index contributed by atoms with van der Waals surface area (Å²) >= 11 is 3.26. The fourth-order valence-corrected chi connectivity index (χ4v) is 1.96. The maximum Gasteiger partial charge on any atom is 0.326 e. The molecule has 0 aromatic heterocycles. The second kappa shape index (κ2) is 7.69. The largest absolute Gasteiger partial charge is 0.497 e. The van der Waals surface area contributed by atoms with Crippen LogP contribution in [0.5, 0.6) is 5.75 Å². The van der Waals surface area contributed by atoms with E-state index in [1.54, 1.807) is 37.3 Å². The molecule has 0 saturated carbocycles. The predicted octanol–water partition coefficient (Wildman–Crippen LogP) is 2.61. The molecule has 1 amide bonds. The van der Waals surface area contributed by atoms with Gasteiger partial charge in [-0.2, -0.15) is 0 Å². The van der Waals surface area contributed by atoms with Crippen LogP contribution in [-0.2, 0) is 4.79 Å². The van der Waals surface area contributed by atoms with Crippen LogP contribution >= 0.6 is 15.9 Å². The van der Waals surface area contributed by atoms with Crippen molar-refractivity contribution < 1.29 is 19.4 Å². The first-order chi connectivity index (χ1) is 9.49. The summed E-state index contributed by atoms with van der Waals surface area (Å²) in [6.45, 7) is 1.79. The van der Waals surface area contributed by atoms with Gasteiger partial charge in [0, 0.05) is 4.47 Å². The number of carbonyl (C=O) groups excluding carboxylic acids is 1. The number of benzene rings is 1. The van der Waals surface area contributed by atoms with Crippen molar-refractivity contribution in [2.45, 2.75) is 19.4 Å². The molecule has 0 bridgehead atoms. The average Bonchev–Trinajstić information content (AvgIpc) is 2.43. The lowest BCUT2D eigenvalue weighted by Crippen LogP contribution is -2.40. The summed E-state index contributed by atoms with van der Waals surface area (Å²) in [6.07, 6.45) is 3.67. The molecule has 1 atom stereocenters. The summed E-state index contributed by atoms with van der Waals surface area (Å²) in [5.74, 6) is -1.01. The van der Waals surface area contributed by atoms with Crippen LogP contribution in [0.25, 0.3) is 0 Å². The Labute approximate surface area is 125 Å². The Bertz CT molecular complexity index is 528. The van der Waals surface area contributed by atoms with Crippen molar-refractivity contribution in [3.63, 3.8) is 0 Å². The summed E-state index contributed by atoms with van der Waals surface area (Å²) in [5, 5.41) is 11.6. The SMILES string of the molecule is C/C=C/CC(NC(=O)c1cc(OC)ccc1Br)C(=O)O. The molecule has 0 spiro atoms. The van der Waals surface area contributed by atoms with Crippen molar-refractivity contribution in [1.29, 1.82) is 0 Å². The van der Waals surface area contributed by atoms with Gasteiger partial charge >= 0.3 is 5.97 Å². The lowest BCUT2D eigenvalue weighted by Gasteiger charge is -2.14. The number of nitrogens with one attached hydrogen (secondary N) is 1. The van der Waals surface area contributed by atoms with Crippen molar-refractivity contribution in [3.8, 4) is 5.75 Å². The van der Waals surface area contributed by atoms with E-state index >= 15 is 0 Å². The summed E-state index contributed by atoms with van der Waals surface area (Å²) in [6, 6.07) is 3.97. The Morgan fingerprint density at radius 3 is 2.75 bits per heavy atom. The second-order valence-corrected chi connectivity index (χ2v) is 4.87. The number of hydrogen-bond acceptors (Lipinski definition) is 3. The summed E-state index contributed by atoms with van der Waals surface area (Å²) < 4.78 is 5.62. The van der Waals surface area contributed by atoms with Gasteiger partial charge in [-0.1, -0.05) is 12.2 Å². The highest BCUT2D eigenvalue weighted by atomic mass is 79.9. The van der Waals surface area contributed by atoms with Crippen molar-refractivity contribution in [1.82, 2.24) is 5.32 Å². The normalized spacial score (nSPS) is 12.2. The third-order valence-electron chi connectivity index (χ3n) is 2.63. The number of carboxylic acid groups (broad SMARTS) is 1. The summed E-state index contributed by atoms with van der Waals surface area (Å²) in [7, 11) is 1.50. The van der Waals surface area contributed by atoms with Gasteiger partial charge < -0.3 is 15.2 Å². The fraction of sp³-hybridized carbons (Fsp3) is 0.286. The molecule has 1 rings (SSSR count). The number of amides is 1. The van der Waals surface area contributed by atoms with Crippen LogP contribution in [0.4, 0.5) is 0 Å². The first-order valence-corrected chi connectivity index (χ1v) is 6.77. The highest BCUT2D eigenvalue weighted by Gasteiger charge is 2.20. The number of allylic oxidation sites excluding steroid dienone is 1. The lowest BCUT2D eigenvalue weighted by molar-refractivity contribution is -0.139. The van der Waals surface area contributed by atoms with Crippen LogP contribution in [0.15, 0.2) is 34.8 Å². The van der Waals surface area contributed by atoms with E-state index in [9.17, 15) is 9.59 Å². The third kappa shape index (κ3) is 4.38. The van der Waals surface area contributed by atoms with Crippen molar-refractivity contribution in [3.05, 3.63) is 40.4 Å². The molecular formula is C14H16BrNO4. The summed E-state index contributed by atoms with van der Waals surface area (Å²) in [5.41, 5.74) is 0.330. The van der Waals surface area contributed by atoms with E-state index in [1.807, 2.05) is 0 Å². The van der Waals surface area contributed by atoms with Gasteiger partial charge in [-0.25, -0.2) is 4.79 Å². The Kier molecular flexibility index (Phi) is 6.24. The second-order valence-electron chi connectivity index (χ2n) is 4.01. The van der Waals surface area contributed by atoms with E-state index in [0.29, 0.717) is 15.8 Å². The average molecular weight is 342 g/mol. The van der Waals surface area contributed by atoms with Crippen LogP contribution in [0.2, 0.25) is 0 Å². The number of carbonyl (C=O) groups is 2. The van der Waals surface area contributed by atoms with Gasteiger partial charge in [-0.3, -0.25) is 4.79 Å². The van der Waals surface area contributed by atoms with Gasteiger partial charge in [0.05, 0.1) is 12.7 Å². The molecule has 0 aliphatic heterocycles. The molecule has 1 unspecified atom stereocenters.